The van der Waals surface area contributed by atoms with Crippen LogP contribution in [0.15, 0.2) is 54.7 Å². The number of hydrogen-bond acceptors (Lipinski definition) is 5. The fourth-order valence-corrected chi connectivity index (χ4v) is 3.82. The van der Waals surface area contributed by atoms with Crippen LogP contribution in [0.4, 0.5) is 16.2 Å². The molecule has 4 rings (SSSR count). The van der Waals surface area contributed by atoms with Gasteiger partial charge in [-0.25, -0.2) is 4.79 Å². The second-order valence-corrected chi connectivity index (χ2v) is 8.17. The summed E-state index contributed by atoms with van der Waals surface area (Å²) >= 11 is 5.89. The summed E-state index contributed by atoms with van der Waals surface area (Å²) in [5, 5.41) is 20.2. The number of halogens is 1. The van der Waals surface area contributed by atoms with Crippen molar-refractivity contribution in [2.75, 3.05) is 36.9 Å². The number of urea groups is 1. The highest BCUT2D eigenvalue weighted by Gasteiger charge is 2.20. The summed E-state index contributed by atoms with van der Waals surface area (Å²) in [7, 11) is 1.86. The number of nitrogens with one attached hydrogen (secondary N) is 2. The molecule has 1 fully saturated rings. The number of aliphatic hydroxyl groups excluding tert-OH is 1. The Labute approximate surface area is 191 Å². The van der Waals surface area contributed by atoms with E-state index >= 15 is 0 Å². The van der Waals surface area contributed by atoms with Gasteiger partial charge < -0.3 is 20.5 Å². The zero-order valence-corrected chi connectivity index (χ0v) is 18.5. The average molecular weight is 456 g/mol. The minimum atomic E-state index is -0.357. The van der Waals surface area contributed by atoms with Gasteiger partial charge >= 0.3 is 6.03 Å². The molecule has 3 N–H and O–H groups in total. The Morgan fingerprint density at radius 1 is 1.19 bits per heavy atom. The summed E-state index contributed by atoms with van der Waals surface area (Å²) in [6, 6.07) is 14.0. The van der Waals surface area contributed by atoms with Crippen molar-refractivity contribution in [3.8, 4) is 17.0 Å². The van der Waals surface area contributed by atoms with Crippen LogP contribution in [-0.4, -0.2) is 58.2 Å². The molecule has 168 valence electrons. The first kappa shape index (κ1) is 22.1. The monoisotopic (exact) mass is 455 g/mol. The molecule has 2 heterocycles. The van der Waals surface area contributed by atoms with Crippen LogP contribution in [-0.2, 0) is 7.05 Å². The van der Waals surface area contributed by atoms with Crippen molar-refractivity contribution in [3.63, 3.8) is 0 Å². The lowest BCUT2D eigenvalue weighted by Crippen LogP contribution is -2.27. The highest BCUT2D eigenvalue weighted by Crippen LogP contribution is 2.32. The minimum absolute atomic E-state index is 0.246. The molecule has 9 heteroatoms. The minimum Gasteiger partial charge on any atom is -0.492 e. The van der Waals surface area contributed by atoms with Crippen molar-refractivity contribution in [1.29, 1.82) is 0 Å². The molecular weight excluding hydrogens is 430 g/mol. The number of nitrogens with zero attached hydrogens (tertiary/aromatic N) is 3. The molecule has 1 aliphatic heterocycles. The van der Waals surface area contributed by atoms with Crippen LogP contribution in [0, 0.1) is 0 Å². The number of hydrogen-bond donors (Lipinski definition) is 3. The van der Waals surface area contributed by atoms with Gasteiger partial charge in [0.15, 0.2) is 0 Å². The number of amides is 2. The van der Waals surface area contributed by atoms with Gasteiger partial charge in [0.05, 0.1) is 11.8 Å². The number of benzene rings is 2. The van der Waals surface area contributed by atoms with E-state index in [2.05, 4.69) is 20.6 Å². The standard InChI is InChI=1S/C23H26ClN5O3/c1-28-21(8-10-25-28)20-14-18(27-23(31)26-17-4-2-16(24)3-5-17)6-7-22(20)32-13-12-29-11-9-19(30)15-29/h2-8,10,14,19,30H,9,11-13,15H2,1H3,(H2,26,27,31). The van der Waals surface area contributed by atoms with Crippen molar-refractivity contribution in [1.82, 2.24) is 14.7 Å². The highest BCUT2D eigenvalue weighted by atomic mass is 35.5. The van der Waals surface area contributed by atoms with E-state index in [1.54, 1.807) is 41.2 Å². The second kappa shape index (κ2) is 10.0. The third kappa shape index (κ3) is 5.59. The van der Waals surface area contributed by atoms with E-state index in [1.807, 2.05) is 25.2 Å². The zero-order chi connectivity index (χ0) is 22.5. The number of carbonyl (C=O) groups is 1. The van der Waals surface area contributed by atoms with Crippen LogP contribution in [0.3, 0.4) is 0 Å². The number of aromatic nitrogens is 2. The number of β-amino-alcohol motifs (C(OH)–C–C–N with tert-alkyl or cyclic N) is 1. The van der Waals surface area contributed by atoms with Crippen molar-refractivity contribution in [2.24, 2.45) is 7.05 Å². The summed E-state index contributed by atoms with van der Waals surface area (Å²) in [5.74, 6) is 0.706. The molecule has 2 amide bonds. The van der Waals surface area contributed by atoms with Crippen molar-refractivity contribution >= 4 is 29.0 Å². The molecule has 0 saturated carbocycles. The van der Waals surface area contributed by atoms with Crippen molar-refractivity contribution < 1.29 is 14.6 Å². The highest BCUT2D eigenvalue weighted by molar-refractivity contribution is 6.30. The van der Waals surface area contributed by atoms with Gasteiger partial charge in [0.1, 0.15) is 12.4 Å². The van der Waals surface area contributed by atoms with Crippen LogP contribution in [0.1, 0.15) is 6.42 Å². The predicted molar refractivity (Wildman–Crippen MR) is 125 cm³/mol. The zero-order valence-electron chi connectivity index (χ0n) is 17.8. The largest absolute Gasteiger partial charge is 0.492 e. The number of aliphatic hydroxyl groups is 1. The van der Waals surface area contributed by atoms with Gasteiger partial charge in [0.25, 0.3) is 0 Å². The Kier molecular flexibility index (Phi) is 6.94. The van der Waals surface area contributed by atoms with Crippen LogP contribution in [0.2, 0.25) is 5.02 Å². The normalized spacial score (nSPS) is 16.2. The van der Waals surface area contributed by atoms with E-state index < -0.39 is 0 Å². The van der Waals surface area contributed by atoms with E-state index in [9.17, 15) is 9.90 Å². The first-order chi connectivity index (χ1) is 15.5. The summed E-state index contributed by atoms with van der Waals surface area (Å²) in [5.41, 5.74) is 2.97. The van der Waals surface area contributed by atoms with E-state index in [-0.39, 0.29) is 12.1 Å². The van der Waals surface area contributed by atoms with E-state index in [1.165, 1.54) is 0 Å². The third-order valence-corrected chi connectivity index (χ3v) is 5.60. The molecule has 1 aliphatic rings. The van der Waals surface area contributed by atoms with Gasteiger partial charge in [-0.2, -0.15) is 5.10 Å². The number of anilines is 2. The van der Waals surface area contributed by atoms with Crippen LogP contribution in [0.5, 0.6) is 5.75 Å². The Hall–Kier alpha value is -3.07. The Balaban J connectivity index is 1.46. The quantitative estimate of drug-likeness (QED) is 0.503. The lowest BCUT2D eigenvalue weighted by Gasteiger charge is -2.18. The van der Waals surface area contributed by atoms with Gasteiger partial charge in [-0.05, 0) is 55.0 Å². The van der Waals surface area contributed by atoms with Gasteiger partial charge in [0.2, 0.25) is 0 Å². The fourth-order valence-electron chi connectivity index (χ4n) is 3.70. The maximum atomic E-state index is 12.4. The summed E-state index contributed by atoms with van der Waals surface area (Å²) < 4.78 is 7.84. The number of aryl methyl sites for hydroxylation is 1. The smallest absolute Gasteiger partial charge is 0.323 e. The summed E-state index contributed by atoms with van der Waals surface area (Å²) in [6.45, 7) is 2.81. The molecule has 1 unspecified atom stereocenters. The van der Waals surface area contributed by atoms with Gasteiger partial charge in [-0.15, -0.1) is 0 Å². The van der Waals surface area contributed by atoms with Gasteiger partial charge in [-0.1, -0.05) is 11.6 Å². The van der Waals surface area contributed by atoms with Crippen molar-refractivity contribution in [2.45, 2.75) is 12.5 Å². The summed E-state index contributed by atoms with van der Waals surface area (Å²) in [4.78, 5) is 14.6. The molecule has 1 saturated heterocycles. The number of likely N-dealkylation sites (tertiary alicyclic amines) is 1. The lowest BCUT2D eigenvalue weighted by molar-refractivity contribution is 0.167. The molecule has 1 atom stereocenters. The molecule has 0 spiro atoms. The molecule has 0 radical (unpaired) electrons. The summed E-state index contributed by atoms with van der Waals surface area (Å²) in [6.07, 6.45) is 2.28. The first-order valence-corrected chi connectivity index (χ1v) is 10.8. The van der Waals surface area contributed by atoms with E-state index in [0.717, 1.165) is 30.8 Å². The van der Waals surface area contributed by atoms with Crippen LogP contribution >= 0.6 is 11.6 Å². The molecule has 0 aliphatic carbocycles. The lowest BCUT2D eigenvalue weighted by atomic mass is 10.1. The van der Waals surface area contributed by atoms with Gasteiger partial charge in [0, 0.05) is 54.8 Å². The predicted octanol–water partition coefficient (Wildman–Crippen LogP) is 3.83. The Bertz CT molecular complexity index is 1070. The molecular formula is C23H26ClN5O3. The Morgan fingerprint density at radius 3 is 2.62 bits per heavy atom. The maximum Gasteiger partial charge on any atom is 0.323 e. The van der Waals surface area contributed by atoms with Gasteiger partial charge in [-0.3, -0.25) is 9.58 Å². The van der Waals surface area contributed by atoms with Crippen molar-refractivity contribution in [3.05, 3.63) is 59.8 Å². The SMILES string of the molecule is Cn1nccc1-c1cc(NC(=O)Nc2ccc(Cl)cc2)ccc1OCCN1CCC(O)C1. The second-order valence-electron chi connectivity index (χ2n) is 7.73. The molecule has 2 aromatic carbocycles. The maximum absolute atomic E-state index is 12.4. The third-order valence-electron chi connectivity index (χ3n) is 5.35. The van der Waals surface area contributed by atoms with E-state index in [4.69, 9.17) is 16.3 Å². The van der Waals surface area contributed by atoms with Crippen LogP contribution < -0.4 is 15.4 Å². The topological polar surface area (TPSA) is 91.7 Å². The van der Waals surface area contributed by atoms with E-state index in [0.29, 0.717) is 35.3 Å². The number of carbonyl (C=O) groups excluding carboxylic acids is 1. The molecule has 8 nitrogen and oxygen atoms in total. The molecule has 1 aromatic heterocycles. The fraction of sp³-hybridized carbons (Fsp3) is 0.304. The Morgan fingerprint density at radius 2 is 1.94 bits per heavy atom. The number of ether oxygens (including phenoxy) is 1. The van der Waals surface area contributed by atoms with Crippen LogP contribution in [0.25, 0.3) is 11.3 Å². The molecule has 3 aromatic rings. The first-order valence-electron chi connectivity index (χ1n) is 10.5. The average Bonchev–Trinajstić information content (AvgIpc) is 3.38. The molecule has 0 bridgehead atoms. The molecule has 32 heavy (non-hydrogen) atoms. The number of rotatable bonds is 7.